The highest BCUT2D eigenvalue weighted by Crippen LogP contribution is 2.52. The molecule has 33 heavy (non-hydrogen) atoms. The fraction of sp³-hybridized carbons (Fsp3) is 0.143. The van der Waals surface area contributed by atoms with Gasteiger partial charge in [-0.3, -0.25) is 0 Å². The van der Waals surface area contributed by atoms with Crippen LogP contribution in [0.15, 0.2) is 96.0 Å². The molecule has 0 saturated carbocycles. The van der Waals surface area contributed by atoms with Gasteiger partial charge in [0.25, 0.3) is 0 Å². The summed E-state index contributed by atoms with van der Waals surface area (Å²) in [5, 5.41) is 7.44. The molecular weight excluding hydrogens is 426 g/mol. The van der Waals surface area contributed by atoms with E-state index in [0.29, 0.717) is 12.5 Å². The number of pyridine rings is 1. The molecule has 0 saturated heterocycles. The highest BCUT2D eigenvalue weighted by atomic mass is 32.2. The first-order valence-corrected chi connectivity index (χ1v) is 12.2. The maximum absolute atomic E-state index is 6.45. The standard InChI is InChI=1S/C28H21N3OS/c1-3-9-18(10-4-1)26-25-24-20(16-32-28(25)31(30-26)21-12-5-2-6-13-21)17-33-27-22(24)15-19-11-7-8-14-23(19)29-27/h1-15,20,24H,16-17H2. The summed E-state index contributed by atoms with van der Waals surface area (Å²) in [6, 6.07) is 31.5. The lowest BCUT2D eigenvalue weighted by Crippen LogP contribution is -2.32. The summed E-state index contributed by atoms with van der Waals surface area (Å²) in [5.74, 6) is 2.43. The summed E-state index contributed by atoms with van der Waals surface area (Å²) in [6.07, 6.45) is 0. The SMILES string of the molecule is c1ccc(-c2nn(-c3ccccc3)c3c2C2c4cc5ccccc5nc4SCC2CO3)cc1. The van der Waals surface area contributed by atoms with E-state index in [1.54, 1.807) is 0 Å². The third-order valence-corrected chi connectivity index (χ3v) is 7.82. The smallest absolute Gasteiger partial charge is 0.221 e. The molecule has 5 heteroatoms. The van der Waals surface area contributed by atoms with Crippen LogP contribution < -0.4 is 4.74 Å². The van der Waals surface area contributed by atoms with Gasteiger partial charge < -0.3 is 4.74 Å². The number of nitrogens with zero attached hydrogens (tertiary/aromatic N) is 3. The van der Waals surface area contributed by atoms with E-state index in [1.165, 1.54) is 16.5 Å². The number of hydrogen-bond acceptors (Lipinski definition) is 4. The van der Waals surface area contributed by atoms with E-state index in [4.69, 9.17) is 14.8 Å². The number of hydrogen-bond donors (Lipinski definition) is 0. The van der Waals surface area contributed by atoms with E-state index >= 15 is 0 Å². The number of ether oxygens (including phenoxy) is 1. The van der Waals surface area contributed by atoms with Gasteiger partial charge in [0.1, 0.15) is 10.7 Å². The third kappa shape index (κ3) is 3.00. The van der Waals surface area contributed by atoms with Crippen molar-refractivity contribution in [2.75, 3.05) is 12.4 Å². The first kappa shape index (κ1) is 18.9. The lowest BCUT2D eigenvalue weighted by atomic mass is 9.79. The maximum Gasteiger partial charge on any atom is 0.221 e. The molecule has 2 aliphatic rings. The molecular formula is C28H21N3OS. The number of fused-ring (bicyclic) bond motifs is 6. The maximum atomic E-state index is 6.45. The Labute approximate surface area is 196 Å². The van der Waals surface area contributed by atoms with Crippen LogP contribution in [0.25, 0.3) is 27.8 Å². The number of para-hydroxylation sites is 2. The molecule has 0 radical (unpaired) electrons. The first-order chi connectivity index (χ1) is 16.4. The van der Waals surface area contributed by atoms with Gasteiger partial charge in [-0.1, -0.05) is 66.7 Å². The van der Waals surface area contributed by atoms with Crippen molar-refractivity contribution in [3.63, 3.8) is 0 Å². The molecule has 5 aromatic rings. The molecule has 2 aromatic heterocycles. The Bertz CT molecular complexity index is 1480. The summed E-state index contributed by atoms with van der Waals surface area (Å²) < 4.78 is 8.43. The summed E-state index contributed by atoms with van der Waals surface area (Å²) in [5.41, 5.74) is 6.65. The summed E-state index contributed by atoms with van der Waals surface area (Å²) in [4.78, 5) is 5.04. The minimum absolute atomic E-state index is 0.203. The number of thioether (sulfide) groups is 1. The van der Waals surface area contributed by atoms with Gasteiger partial charge in [-0.2, -0.15) is 5.10 Å². The zero-order valence-electron chi connectivity index (χ0n) is 17.9. The second-order valence-electron chi connectivity index (χ2n) is 8.62. The molecule has 2 aliphatic heterocycles. The molecule has 4 heterocycles. The van der Waals surface area contributed by atoms with Crippen molar-refractivity contribution in [1.29, 1.82) is 0 Å². The monoisotopic (exact) mass is 447 g/mol. The van der Waals surface area contributed by atoms with Gasteiger partial charge in [0, 0.05) is 28.5 Å². The third-order valence-electron chi connectivity index (χ3n) is 6.63. The van der Waals surface area contributed by atoms with E-state index in [9.17, 15) is 0 Å². The lowest BCUT2D eigenvalue weighted by molar-refractivity contribution is 0.205. The van der Waals surface area contributed by atoms with Crippen LogP contribution >= 0.6 is 11.8 Å². The Kier molecular flexibility index (Phi) is 4.30. The largest absolute Gasteiger partial charge is 0.477 e. The second-order valence-corrected chi connectivity index (χ2v) is 9.62. The van der Waals surface area contributed by atoms with Gasteiger partial charge in [0.2, 0.25) is 5.88 Å². The van der Waals surface area contributed by atoms with E-state index in [1.807, 2.05) is 40.7 Å². The molecule has 0 aliphatic carbocycles. The summed E-state index contributed by atoms with van der Waals surface area (Å²) in [6.45, 7) is 0.684. The fourth-order valence-electron chi connectivity index (χ4n) is 5.10. The van der Waals surface area contributed by atoms with E-state index in [2.05, 4.69) is 66.7 Å². The Morgan fingerprint density at radius 3 is 2.48 bits per heavy atom. The molecule has 0 amide bonds. The van der Waals surface area contributed by atoms with Crippen molar-refractivity contribution in [2.24, 2.45) is 5.92 Å². The predicted octanol–water partition coefficient (Wildman–Crippen LogP) is 6.33. The Balaban J connectivity index is 1.51. The van der Waals surface area contributed by atoms with Gasteiger partial charge in [0.05, 0.1) is 23.4 Å². The quantitative estimate of drug-likeness (QED) is 0.317. The number of aromatic nitrogens is 3. The van der Waals surface area contributed by atoms with Gasteiger partial charge >= 0.3 is 0 Å². The molecule has 160 valence electrons. The van der Waals surface area contributed by atoms with Crippen molar-refractivity contribution < 1.29 is 4.74 Å². The summed E-state index contributed by atoms with van der Waals surface area (Å²) in [7, 11) is 0. The second kappa shape index (κ2) is 7.49. The van der Waals surface area contributed by atoms with Crippen molar-refractivity contribution in [2.45, 2.75) is 10.9 Å². The van der Waals surface area contributed by atoms with Gasteiger partial charge in [0.15, 0.2) is 0 Å². The normalized spacial score (nSPS) is 18.8. The Morgan fingerprint density at radius 1 is 0.879 bits per heavy atom. The first-order valence-electron chi connectivity index (χ1n) is 11.3. The molecule has 0 spiro atoms. The van der Waals surface area contributed by atoms with Crippen molar-refractivity contribution in [3.05, 3.63) is 102 Å². The molecule has 4 nitrogen and oxygen atoms in total. The minimum atomic E-state index is 0.203. The summed E-state index contributed by atoms with van der Waals surface area (Å²) >= 11 is 1.85. The van der Waals surface area contributed by atoms with E-state index in [0.717, 1.165) is 39.1 Å². The minimum Gasteiger partial charge on any atom is -0.477 e. The van der Waals surface area contributed by atoms with Crippen LogP contribution in [0.3, 0.4) is 0 Å². The average molecular weight is 448 g/mol. The van der Waals surface area contributed by atoms with Crippen LogP contribution in [0.2, 0.25) is 0 Å². The van der Waals surface area contributed by atoms with Crippen molar-refractivity contribution in [3.8, 4) is 22.8 Å². The topological polar surface area (TPSA) is 39.9 Å². The van der Waals surface area contributed by atoms with E-state index in [-0.39, 0.29) is 5.92 Å². The molecule has 3 aromatic carbocycles. The number of rotatable bonds is 2. The predicted molar refractivity (Wildman–Crippen MR) is 132 cm³/mol. The Morgan fingerprint density at radius 2 is 1.64 bits per heavy atom. The van der Waals surface area contributed by atoms with Crippen molar-refractivity contribution >= 4 is 22.7 Å². The van der Waals surface area contributed by atoms with Crippen LogP contribution in [-0.4, -0.2) is 27.1 Å². The van der Waals surface area contributed by atoms with Gasteiger partial charge in [-0.15, -0.1) is 11.8 Å². The highest BCUT2D eigenvalue weighted by molar-refractivity contribution is 7.99. The van der Waals surface area contributed by atoms with Crippen LogP contribution in [0, 0.1) is 5.92 Å². The lowest BCUT2D eigenvalue weighted by Gasteiger charge is -2.36. The van der Waals surface area contributed by atoms with Crippen LogP contribution in [0.4, 0.5) is 0 Å². The van der Waals surface area contributed by atoms with Crippen LogP contribution in [0.5, 0.6) is 5.88 Å². The number of benzene rings is 3. The van der Waals surface area contributed by atoms with Gasteiger partial charge in [-0.05, 0) is 29.8 Å². The molecule has 2 unspecified atom stereocenters. The molecule has 7 rings (SSSR count). The average Bonchev–Trinajstić information content (AvgIpc) is 3.28. The highest BCUT2D eigenvalue weighted by Gasteiger charge is 2.42. The van der Waals surface area contributed by atoms with Gasteiger partial charge in [-0.25, -0.2) is 9.67 Å². The van der Waals surface area contributed by atoms with Crippen LogP contribution in [-0.2, 0) is 0 Å². The zero-order valence-corrected chi connectivity index (χ0v) is 18.7. The molecule has 0 bridgehead atoms. The molecule has 0 N–H and O–H groups in total. The Hall–Kier alpha value is -3.57. The molecule has 0 fully saturated rings. The van der Waals surface area contributed by atoms with E-state index < -0.39 is 0 Å². The zero-order chi connectivity index (χ0) is 21.8. The van der Waals surface area contributed by atoms with Crippen molar-refractivity contribution in [1.82, 2.24) is 14.8 Å². The van der Waals surface area contributed by atoms with Crippen LogP contribution in [0.1, 0.15) is 17.0 Å². The molecule has 2 atom stereocenters. The fourth-order valence-corrected chi connectivity index (χ4v) is 6.27.